The molecule has 1 fully saturated rings. The summed E-state index contributed by atoms with van der Waals surface area (Å²) in [6, 6.07) is 13.8. The molecule has 17 heavy (non-hydrogen) atoms. The van der Waals surface area contributed by atoms with Gasteiger partial charge in [0.1, 0.15) is 8.07 Å². The third-order valence-corrected chi connectivity index (χ3v) is 10.1. The first-order valence-corrected chi connectivity index (χ1v) is 9.49. The van der Waals surface area contributed by atoms with Crippen molar-refractivity contribution < 1.29 is 4.74 Å². The van der Waals surface area contributed by atoms with Crippen LogP contribution in [0.15, 0.2) is 30.3 Å². The molecule has 94 valence electrons. The van der Waals surface area contributed by atoms with Crippen molar-refractivity contribution in [3.63, 3.8) is 0 Å². The number of hydrogen-bond acceptors (Lipinski definition) is 1. The highest BCUT2D eigenvalue weighted by molar-refractivity contribution is 6.92. The van der Waals surface area contributed by atoms with Crippen molar-refractivity contribution in [2.45, 2.75) is 50.9 Å². The molecule has 1 saturated heterocycles. The average molecular weight is 248 g/mol. The molecule has 1 aliphatic rings. The van der Waals surface area contributed by atoms with Gasteiger partial charge in [0.05, 0.1) is 5.73 Å². The predicted octanol–water partition coefficient (Wildman–Crippen LogP) is 3.49. The molecule has 1 aromatic carbocycles. The van der Waals surface area contributed by atoms with Crippen molar-refractivity contribution in [1.82, 2.24) is 0 Å². The Labute approximate surface area is 106 Å². The monoisotopic (exact) mass is 248 g/mol. The van der Waals surface area contributed by atoms with Gasteiger partial charge in [-0.25, -0.2) is 0 Å². The quantitative estimate of drug-likeness (QED) is 0.741. The maximum Gasteiger partial charge on any atom is 0.118 e. The lowest BCUT2D eigenvalue weighted by atomic mass is 10.2. The predicted molar refractivity (Wildman–Crippen MR) is 76.4 cm³/mol. The topological polar surface area (TPSA) is 9.23 Å². The van der Waals surface area contributed by atoms with E-state index in [2.05, 4.69) is 44.2 Å². The van der Waals surface area contributed by atoms with Gasteiger partial charge in [0.25, 0.3) is 0 Å². The first kappa shape index (κ1) is 12.8. The molecule has 2 rings (SSSR count). The standard InChI is InChI=1S/C15H24OSi/c1-3-17(4-2,14-10-6-5-7-11-14)15-12-8-9-13-16-15/h5-7,10-11,15H,3-4,8-9,12-13H2,1-2H3. The Hall–Kier alpha value is -0.603. The first-order chi connectivity index (χ1) is 8.33. The summed E-state index contributed by atoms with van der Waals surface area (Å²) in [5, 5.41) is 1.59. The van der Waals surface area contributed by atoms with Gasteiger partial charge in [0.2, 0.25) is 0 Å². The van der Waals surface area contributed by atoms with Gasteiger partial charge in [-0.3, -0.25) is 0 Å². The minimum Gasteiger partial charge on any atom is -0.381 e. The van der Waals surface area contributed by atoms with Gasteiger partial charge in [0, 0.05) is 6.61 Å². The largest absolute Gasteiger partial charge is 0.381 e. The molecular formula is C15H24OSi. The van der Waals surface area contributed by atoms with Crippen molar-refractivity contribution in [3.05, 3.63) is 30.3 Å². The Morgan fingerprint density at radius 2 is 1.82 bits per heavy atom. The molecule has 0 N–H and O–H groups in total. The Morgan fingerprint density at radius 3 is 2.35 bits per heavy atom. The summed E-state index contributed by atoms with van der Waals surface area (Å²) < 4.78 is 6.14. The van der Waals surface area contributed by atoms with Gasteiger partial charge in [-0.05, 0) is 19.3 Å². The lowest BCUT2D eigenvalue weighted by Crippen LogP contribution is -2.58. The van der Waals surface area contributed by atoms with Crippen LogP contribution >= 0.6 is 0 Å². The fourth-order valence-corrected chi connectivity index (χ4v) is 7.89. The highest BCUT2D eigenvalue weighted by Crippen LogP contribution is 2.28. The van der Waals surface area contributed by atoms with Crippen LogP contribution in [0.4, 0.5) is 0 Å². The van der Waals surface area contributed by atoms with Crippen molar-refractivity contribution in [3.8, 4) is 0 Å². The third-order valence-electron chi connectivity index (χ3n) is 4.41. The number of ether oxygens (including phenoxy) is 1. The molecule has 1 atom stereocenters. The fourth-order valence-electron chi connectivity index (χ4n) is 3.25. The molecule has 0 amide bonds. The average Bonchev–Trinajstić information content (AvgIpc) is 2.43. The van der Waals surface area contributed by atoms with Crippen LogP contribution in [0.25, 0.3) is 0 Å². The number of hydrogen-bond donors (Lipinski definition) is 0. The van der Waals surface area contributed by atoms with E-state index >= 15 is 0 Å². The highest BCUT2D eigenvalue weighted by Gasteiger charge is 2.41. The van der Waals surface area contributed by atoms with E-state index in [4.69, 9.17) is 4.74 Å². The molecule has 1 nitrogen and oxygen atoms in total. The molecule has 0 bridgehead atoms. The first-order valence-electron chi connectivity index (χ1n) is 7.00. The van der Waals surface area contributed by atoms with Crippen LogP contribution in [-0.4, -0.2) is 20.4 Å². The van der Waals surface area contributed by atoms with Gasteiger partial charge in [-0.2, -0.15) is 0 Å². The van der Waals surface area contributed by atoms with Crippen molar-refractivity contribution in [1.29, 1.82) is 0 Å². The molecule has 1 aliphatic heterocycles. The smallest absolute Gasteiger partial charge is 0.118 e. The van der Waals surface area contributed by atoms with Gasteiger partial charge in [-0.15, -0.1) is 0 Å². The molecule has 2 heteroatoms. The zero-order valence-corrected chi connectivity index (χ0v) is 12.1. The van der Waals surface area contributed by atoms with Crippen LogP contribution in [0, 0.1) is 0 Å². The van der Waals surface area contributed by atoms with Crippen LogP contribution in [0.5, 0.6) is 0 Å². The van der Waals surface area contributed by atoms with E-state index in [-0.39, 0.29) is 0 Å². The maximum absolute atomic E-state index is 6.14. The molecule has 1 aromatic rings. The zero-order chi connectivity index (χ0) is 12.1. The van der Waals surface area contributed by atoms with E-state index in [9.17, 15) is 0 Å². The van der Waals surface area contributed by atoms with Crippen LogP contribution in [0.1, 0.15) is 33.1 Å². The lowest BCUT2D eigenvalue weighted by molar-refractivity contribution is 0.0601. The SMILES string of the molecule is CC[Si](CC)(c1ccccc1)C1CCCCO1. The van der Waals surface area contributed by atoms with E-state index in [1.807, 2.05) is 0 Å². The third kappa shape index (κ3) is 2.48. The van der Waals surface area contributed by atoms with Crippen LogP contribution < -0.4 is 5.19 Å². The van der Waals surface area contributed by atoms with E-state index in [0.717, 1.165) is 6.61 Å². The Kier molecular flexibility index (Phi) is 4.40. The normalized spacial score (nSPS) is 21.4. The molecule has 0 radical (unpaired) electrons. The lowest BCUT2D eigenvalue weighted by Gasteiger charge is -2.40. The second-order valence-corrected chi connectivity index (χ2v) is 10.0. The minimum atomic E-state index is -1.44. The highest BCUT2D eigenvalue weighted by atomic mass is 28.3. The van der Waals surface area contributed by atoms with Crippen molar-refractivity contribution >= 4 is 13.3 Å². The maximum atomic E-state index is 6.14. The van der Waals surface area contributed by atoms with Crippen LogP contribution in [-0.2, 0) is 4.74 Å². The van der Waals surface area contributed by atoms with Gasteiger partial charge < -0.3 is 4.74 Å². The van der Waals surface area contributed by atoms with E-state index in [1.54, 1.807) is 5.19 Å². The Balaban J connectivity index is 2.30. The molecule has 0 aliphatic carbocycles. The fraction of sp³-hybridized carbons (Fsp3) is 0.600. The summed E-state index contributed by atoms with van der Waals surface area (Å²) in [4.78, 5) is 0. The molecule has 0 saturated carbocycles. The van der Waals surface area contributed by atoms with Crippen LogP contribution in [0.2, 0.25) is 12.1 Å². The summed E-state index contributed by atoms with van der Waals surface area (Å²) in [7, 11) is -1.44. The Bertz CT molecular complexity index is 326. The summed E-state index contributed by atoms with van der Waals surface area (Å²) in [6.07, 6.45) is 3.89. The Morgan fingerprint density at radius 1 is 1.12 bits per heavy atom. The number of benzene rings is 1. The van der Waals surface area contributed by atoms with Gasteiger partial charge in [0.15, 0.2) is 0 Å². The summed E-state index contributed by atoms with van der Waals surface area (Å²) in [5.41, 5.74) is 0.550. The van der Waals surface area contributed by atoms with E-state index in [0.29, 0.717) is 5.73 Å². The summed E-state index contributed by atoms with van der Waals surface area (Å²) in [6.45, 7) is 5.70. The molecular weight excluding hydrogens is 224 g/mol. The van der Waals surface area contributed by atoms with Gasteiger partial charge in [-0.1, -0.05) is 61.5 Å². The van der Waals surface area contributed by atoms with Gasteiger partial charge >= 0.3 is 0 Å². The van der Waals surface area contributed by atoms with E-state index < -0.39 is 8.07 Å². The molecule has 1 heterocycles. The van der Waals surface area contributed by atoms with Crippen molar-refractivity contribution in [2.75, 3.05) is 6.61 Å². The molecule has 0 spiro atoms. The van der Waals surface area contributed by atoms with Crippen LogP contribution in [0.3, 0.4) is 0 Å². The van der Waals surface area contributed by atoms with E-state index in [1.165, 1.54) is 31.4 Å². The second kappa shape index (κ2) is 5.83. The summed E-state index contributed by atoms with van der Waals surface area (Å²) >= 11 is 0. The minimum absolute atomic E-state index is 0.550. The zero-order valence-electron chi connectivity index (χ0n) is 11.1. The molecule has 1 unspecified atom stereocenters. The number of rotatable bonds is 4. The second-order valence-electron chi connectivity index (χ2n) is 5.08. The van der Waals surface area contributed by atoms with Crippen molar-refractivity contribution in [2.24, 2.45) is 0 Å². The molecule has 0 aromatic heterocycles. The summed E-state index contributed by atoms with van der Waals surface area (Å²) in [5.74, 6) is 0.